The summed E-state index contributed by atoms with van der Waals surface area (Å²) in [7, 11) is 1.58. The lowest BCUT2D eigenvalue weighted by molar-refractivity contribution is -0.122. The van der Waals surface area contributed by atoms with Crippen molar-refractivity contribution in [1.29, 1.82) is 0 Å². The van der Waals surface area contributed by atoms with Crippen molar-refractivity contribution in [3.8, 4) is 11.3 Å². The van der Waals surface area contributed by atoms with Gasteiger partial charge in [0.15, 0.2) is 5.82 Å². The number of carbonyl (C=O) groups is 2. The molecule has 3 aromatic heterocycles. The van der Waals surface area contributed by atoms with E-state index >= 15 is 0 Å². The molecule has 11 nitrogen and oxygen atoms in total. The molecule has 0 fully saturated rings. The number of amides is 1. The molecular formula is C28H30ClN7O4. The predicted molar refractivity (Wildman–Crippen MR) is 150 cm³/mol. The second-order valence-electron chi connectivity index (χ2n) is 10.1. The molecule has 0 spiro atoms. The van der Waals surface area contributed by atoms with Crippen LogP contribution in [0.25, 0.3) is 11.3 Å². The fourth-order valence-electron chi connectivity index (χ4n) is 4.12. The van der Waals surface area contributed by atoms with E-state index in [-0.39, 0.29) is 30.1 Å². The third-order valence-electron chi connectivity index (χ3n) is 6.47. The van der Waals surface area contributed by atoms with E-state index in [4.69, 9.17) is 16.0 Å². The highest BCUT2D eigenvalue weighted by molar-refractivity contribution is 6.30. The highest BCUT2D eigenvalue weighted by Gasteiger charge is 2.35. The minimum absolute atomic E-state index is 0.0974. The van der Waals surface area contributed by atoms with E-state index in [1.807, 2.05) is 44.2 Å². The molecule has 12 heteroatoms. The zero-order chi connectivity index (χ0) is 29.0. The first-order valence-corrected chi connectivity index (χ1v) is 13.0. The molecule has 1 amide bonds. The fourth-order valence-corrected chi connectivity index (χ4v) is 4.23. The molecule has 4 aromatic rings. The Balaban J connectivity index is 1.57. The van der Waals surface area contributed by atoms with Gasteiger partial charge >= 0.3 is 0 Å². The molecule has 208 valence electrons. The average molecular weight is 564 g/mol. The summed E-state index contributed by atoms with van der Waals surface area (Å²) >= 11 is 5.96. The Kier molecular flexibility index (Phi) is 8.43. The van der Waals surface area contributed by atoms with Crippen LogP contribution in [0.4, 0.5) is 5.82 Å². The van der Waals surface area contributed by atoms with Crippen LogP contribution in [0.2, 0.25) is 5.02 Å². The van der Waals surface area contributed by atoms with Gasteiger partial charge in [0.25, 0.3) is 11.4 Å². The molecule has 0 saturated carbocycles. The van der Waals surface area contributed by atoms with E-state index in [2.05, 4.69) is 30.8 Å². The Morgan fingerprint density at radius 3 is 2.40 bits per heavy atom. The van der Waals surface area contributed by atoms with Crippen LogP contribution >= 0.6 is 11.6 Å². The summed E-state index contributed by atoms with van der Waals surface area (Å²) in [5.74, 6) is -1.34. The van der Waals surface area contributed by atoms with Crippen LogP contribution in [0, 0.1) is 5.92 Å². The highest BCUT2D eigenvalue weighted by atomic mass is 35.5. The van der Waals surface area contributed by atoms with Crippen LogP contribution < -0.4 is 16.2 Å². The Bertz CT molecular complexity index is 1560. The second-order valence-corrected chi connectivity index (χ2v) is 10.5. The minimum Gasteiger partial charge on any atom is -0.417 e. The highest BCUT2D eigenvalue weighted by Crippen LogP contribution is 2.30. The summed E-state index contributed by atoms with van der Waals surface area (Å²) in [6.45, 7) is 6.91. The van der Waals surface area contributed by atoms with Crippen LogP contribution in [0.1, 0.15) is 50.0 Å². The summed E-state index contributed by atoms with van der Waals surface area (Å²) in [6.07, 6.45) is 3.04. The van der Waals surface area contributed by atoms with Gasteiger partial charge in [0.2, 0.25) is 17.6 Å². The van der Waals surface area contributed by atoms with Crippen molar-refractivity contribution in [2.75, 3.05) is 12.4 Å². The van der Waals surface area contributed by atoms with Gasteiger partial charge in [-0.2, -0.15) is 0 Å². The number of pyridine rings is 1. The van der Waals surface area contributed by atoms with Crippen molar-refractivity contribution in [2.24, 2.45) is 5.92 Å². The smallest absolute Gasteiger partial charge is 0.294 e. The number of hydrogen-bond acceptors (Lipinski definition) is 9. The maximum absolute atomic E-state index is 13.4. The van der Waals surface area contributed by atoms with Crippen molar-refractivity contribution >= 4 is 29.1 Å². The number of aromatic nitrogens is 5. The van der Waals surface area contributed by atoms with E-state index in [1.54, 1.807) is 33.0 Å². The first kappa shape index (κ1) is 28.6. The fraction of sp³-hybridized carbons (Fsp3) is 0.321. The van der Waals surface area contributed by atoms with Crippen LogP contribution in [-0.2, 0) is 16.8 Å². The average Bonchev–Trinajstić information content (AvgIpc) is 3.44. The van der Waals surface area contributed by atoms with Crippen molar-refractivity contribution in [1.82, 2.24) is 30.0 Å². The lowest BCUT2D eigenvalue weighted by atomic mass is 9.89. The summed E-state index contributed by atoms with van der Waals surface area (Å²) in [4.78, 5) is 48.2. The number of hydrogen-bond donors (Lipinski definition) is 2. The second kappa shape index (κ2) is 11.8. The number of Topliss-reactive ketones (excluding diaryl/α,β-unsaturated/α-hetero) is 1. The predicted octanol–water partition coefficient (Wildman–Crippen LogP) is 3.73. The molecule has 0 aliphatic rings. The molecule has 2 N–H and O–H groups in total. The Morgan fingerprint density at radius 1 is 1.05 bits per heavy atom. The van der Waals surface area contributed by atoms with Crippen LogP contribution in [0.5, 0.6) is 0 Å². The van der Waals surface area contributed by atoms with Gasteiger partial charge in [-0.3, -0.25) is 23.9 Å². The number of ketones is 1. The molecule has 0 bridgehead atoms. The molecule has 3 heterocycles. The molecule has 0 aliphatic heterocycles. The monoisotopic (exact) mass is 563 g/mol. The first-order valence-electron chi connectivity index (χ1n) is 12.7. The summed E-state index contributed by atoms with van der Waals surface area (Å²) in [5.41, 5.74) is 0.549. The molecule has 1 atom stereocenters. The SMILES string of the molecule is CNc1ncc(-c2ccccc2)n(CC(=O)N[C@H](C(=O)c2nnc(C(C)(C)c3ccc(Cl)cn3)o2)C(C)C)c1=O. The lowest BCUT2D eigenvalue weighted by Crippen LogP contribution is -2.46. The van der Waals surface area contributed by atoms with Gasteiger partial charge in [-0.25, -0.2) is 4.98 Å². The number of halogens is 1. The largest absolute Gasteiger partial charge is 0.417 e. The normalized spacial score (nSPS) is 12.3. The summed E-state index contributed by atoms with van der Waals surface area (Å²) in [6, 6.07) is 11.6. The van der Waals surface area contributed by atoms with Crippen LogP contribution in [0.15, 0.2) is 64.1 Å². The number of carbonyl (C=O) groups excluding carboxylic acids is 2. The van der Waals surface area contributed by atoms with Crippen molar-refractivity contribution in [3.63, 3.8) is 0 Å². The van der Waals surface area contributed by atoms with Crippen molar-refractivity contribution in [2.45, 2.75) is 45.7 Å². The van der Waals surface area contributed by atoms with Gasteiger partial charge < -0.3 is 15.1 Å². The number of anilines is 1. The molecule has 0 radical (unpaired) electrons. The molecule has 40 heavy (non-hydrogen) atoms. The van der Waals surface area contributed by atoms with Gasteiger partial charge in [-0.15, -0.1) is 10.2 Å². The van der Waals surface area contributed by atoms with Crippen molar-refractivity contribution in [3.05, 3.63) is 87.7 Å². The standard InChI is InChI=1S/C28H30ClN7O4/c1-16(2)22(23(38)25-34-35-27(40-25)28(3,4)20-12-11-18(29)13-31-20)33-21(37)15-36-19(17-9-7-6-8-10-17)14-32-24(30-5)26(36)39/h6-14,16,22H,15H2,1-5H3,(H,30,32)(H,33,37)/t22-/m0/s1. The van der Waals surface area contributed by atoms with Gasteiger partial charge in [0, 0.05) is 13.2 Å². The third-order valence-corrected chi connectivity index (χ3v) is 6.69. The third kappa shape index (κ3) is 5.94. The van der Waals surface area contributed by atoms with Gasteiger partial charge in [0.05, 0.1) is 34.1 Å². The van der Waals surface area contributed by atoms with Gasteiger partial charge in [-0.05, 0) is 37.5 Å². The van der Waals surface area contributed by atoms with E-state index in [9.17, 15) is 14.4 Å². The Labute approximate surface area is 236 Å². The molecule has 1 aromatic carbocycles. The quantitative estimate of drug-likeness (QED) is 0.276. The zero-order valence-electron chi connectivity index (χ0n) is 22.8. The van der Waals surface area contributed by atoms with E-state index in [1.165, 1.54) is 17.0 Å². The maximum atomic E-state index is 13.4. The molecule has 4 rings (SSSR count). The zero-order valence-corrected chi connectivity index (χ0v) is 23.6. The Hall–Kier alpha value is -4.38. The molecular weight excluding hydrogens is 534 g/mol. The van der Waals surface area contributed by atoms with Gasteiger partial charge in [0.1, 0.15) is 6.54 Å². The number of nitrogens with one attached hydrogen (secondary N) is 2. The summed E-state index contributed by atoms with van der Waals surface area (Å²) < 4.78 is 7.10. The van der Waals surface area contributed by atoms with E-state index < -0.39 is 28.7 Å². The number of nitrogens with zero attached hydrogens (tertiary/aromatic N) is 5. The van der Waals surface area contributed by atoms with Crippen LogP contribution in [-0.4, -0.2) is 49.5 Å². The van der Waals surface area contributed by atoms with Crippen LogP contribution in [0.3, 0.4) is 0 Å². The molecule has 0 saturated heterocycles. The molecule has 0 unspecified atom stereocenters. The van der Waals surface area contributed by atoms with E-state index in [0.717, 1.165) is 5.56 Å². The topological polar surface area (TPSA) is 145 Å². The van der Waals surface area contributed by atoms with Gasteiger partial charge in [-0.1, -0.05) is 55.8 Å². The Morgan fingerprint density at radius 2 is 1.77 bits per heavy atom. The number of rotatable bonds is 10. The van der Waals surface area contributed by atoms with Crippen molar-refractivity contribution < 1.29 is 14.0 Å². The molecule has 0 aliphatic carbocycles. The minimum atomic E-state index is -0.973. The number of benzene rings is 1. The van der Waals surface area contributed by atoms with E-state index in [0.29, 0.717) is 16.4 Å². The first-order chi connectivity index (χ1) is 19.0. The maximum Gasteiger partial charge on any atom is 0.294 e. The lowest BCUT2D eigenvalue weighted by Gasteiger charge is -2.21. The summed E-state index contributed by atoms with van der Waals surface area (Å²) in [5, 5.41) is 14.0.